The number of benzene rings is 8. The third kappa shape index (κ3) is 4.83. The fourth-order valence-electron chi connectivity index (χ4n) is 8.92. The molecule has 11 aromatic rings. The summed E-state index contributed by atoms with van der Waals surface area (Å²) in [4.78, 5) is 0. The zero-order chi connectivity index (χ0) is 36.8. The first-order valence-electron chi connectivity index (χ1n) is 19.2. The highest BCUT2D eigenvalue weighted by Gasteiger charge is 2.19. The van der Waals surface area contributed by atoms with E-state index < -0.39 is 0 Å². The summed E-state index contributed by atoms with van der Waals surface area (Å²) in [7, 11) is 0. The number of rotatable bonds is 4. The van der Waals surface area contributed by atoms with Crippen molar-refractivity contribution in [3.63, 3.8) is 0 Å². The van der Waals surface area contributed by atoms with Crippen molar-refractivity contribution in [2.75, 3.05) is 0 Å². The lowest BCUT2D eigenvalue weighted by Crippen LogP contribution is -2.10. The van der Waals surface area contributed by atoms with E-state index in [1.54, 1.807) is 0 Å². The molecule has 3 aromatic heterocycles. The molecule has 0 N–H and O–H groups in total. The Morgan fingerprint density at radius 1 is 0.291 bits per heavy atom. The Bertz CT molecular complexity index is 3270. The Balaban J connectivity index is 1.10. The smallest absolute Gasteiger partial charge is 0.0547 e. The van der Waals surface area contributed by atoms with E-state index in [-0.39, 0.29) is 5.41 Å². The molecule has 262 valence electrons. The first-order valence-corrected chi connectivity index (χ1v) is 19.2. The molecule has 3 heterocycles. The molecule has 0 aliphatic heterocycles. The average molecular weight is 706 g/mol. The molecule has 3 nitrogen and oxygen atoms in total. The van der Waals surface area contributed by atoms with Crippen LogP contribution in [0.4, 0.5) is 0 Å². The minimum Gasteiger partial charge on any atom is -0.309 e. The van der Waals surface area contributed by atoms with Gasteiger partial charge in [-0.1, -0.05) is 124 Å². The summed E-state index contributed by atoms with van der Waals surface area (Å²) in [5.74, 6) is 0. The predicted molar refractivity (Wildman–Crippen MR) is 234 cm³/mol. The minimum absolute atomic E-state index is 0.108. The number of para-hydroxylation sites is 4. The molecule has 0 amide bonds. The Labute approximate surface area is 319 Å². The van der Waals surface area contributed by atoms with Gasteiger partial charge in [-0.15, -0.1) is 0 Å². The van der Waals surface area contributed by atoms with Gasteiger partial charge in [-0.25, -0.2) is 0 Å². The van der Waals surface area contributed by atoms with Gasteiger partial charge in [-0.05, 0) is 101 Å². The molecule has 8 aromatic carbocycles. The highest BCUT2D eigenvalue weighted by atomic mass is 15.0. The van der Waals surface area contributed by atoms with Gasteiger partial charge in [0, 0.05) is 49.4 Å². The van der Waals surface area contributed by atoms with Gasteiger partial charge in [0.2, 0.25) is 0 Å². The second-order valence-corrected chi connectivity index (χ2v) is 15.9. The summed E-state index contributed by atoms with van der Waals surface area (Å²) in [6.45, 7) is 6.81. The van der Waals surface area contributed by atoms with Crippen LogP contribution in [0.3, 0.4) is 0 Å². The fraction of sp³-hybridized carbons (Fsp3) is 0.0769. The van der Waals surface area contributed by atoms with Gasteiger partial charge in [0.1, 0.15) is 0 Å². The van der Waals surface area contributed by atoms with E-state index in [9.17, 15) is 0 Å². The van der Waals surface area contributed by atoms with E-state index in [0.717, 1.165) is 5.69 Å². The number of hydrogen-bond donors (Lipinski definition) is 0. The molecule has 0 aliphatic rings. The lowest BCUT2D eigenvalue weighted by molar-refractivity contribution is 0.590. The van der Waals surface area contributed by atoms with Crippen LogP contribution < -0.4 is 0 Å². The number of aromatic nitrogens is 3. The molecule has 3 heteroatoms. The van der Waals surface area contributed by atoms with E-state index in [4.69, 9.17) is 0 Å². The van der Waals surface area contributed by atoms with Crippen LogP contribution >= 0.6 is 0 Å². The molecule has 0 saturated heterocycles. The average Bonchev–Trinajstić information content (AvgIpc) is 3.86. The number of fused-ring (bicyclic) bond motifs is 9. The Hall–Kier alpha value is -6.84. The van der Waals surface area contributed by atoms with E-state index in [1.165, 1.54) is 93.5 Å². The molecule has 0 fully saturated rings. The van der Waals surface area contributed by atoms with Gasteiger partial charge < -0.3 is 13.7 Å². The Morgan fingerprint density at radius 2 is 0.709 bits per heavy atom. The summed E-state index contributed by atoms with van der Waals surface area (Å²) < 4.78 is 7.24. The summed E-state index contributed by atoms with van der Waals surface area (Å²) in [6, 6.07) is 67.1. The second kappa shape index (κ2) is 11.8. The van der Waals surface area contributed by atoms with Crippen molar-refractivity contribution in [2.45, 2.75) is 26.2 Å². The lowest BCUT2D eigenvalue weighted by Gasteiger charge is -2.19. The molecule has 0 aliphatic carbocycles. The molecule has 11 rings (SSSR count). The maximum atomic E-state index is 2.45. The van der Waals surface area contributed by atoms with Gasteiger partial charge in [0.25, 0.3) is 0 Å². The predicted octanol–water partition coefficient (Wildman–Crippen LogP) is 13.9. The van der Waals surface area contributed by atoms with Crippen molar-refractivity contribution < 1.29 is 0 Å². The normalized spacial score (nSPS) is 12.3. The van der Waals surface area contributed by atoms with Gasteiger partial charge in [-0.2, -0.15) is 0 Å². The minimum atomic E-state index is 0.108. The maximum absolute atomic E-state index is 2.45. The highest BCUT2D eigenvalue weighted by molar-refractivity contribution is 6.14. The largest absolute Gasteiger partial charge is 0.309 e. The van der Waals surface area contributed by atoms with Crippen LogP contribution in [-0.4, -0.2) is 13.7 Å². The summed E-state index contributed by atoms with van der Waals surface area (Å²) in [6.07, 6.45) is 0. The lowest BCUT2D eigenvalue weighted by atomic mass is 9.87. The molecule has 0 radical (unpaired) electrons. The second-order valence-electron chi connectivity index (χ2n) is 15.9. The molecule has 55 heavy (non-hydrogen) atoms. The molecule has 0 bridgehead atoms. The first-order chi connectivity index (χ1) is 26.9. The molecular weight excluding hydrogens is 667 g/mol. The van der Waals surface area contributed by atoms with Gasteiger partial charge in [0.15, 0.2) is 0 Å². The standard InChI is InChI=1S/C52H39N3/c1-52(2,3)36-23-25-38(26-24-36)54-47-19-11-8-16-41(47)44-31-34(22-29-49(44)54)35-21-28-43-40-15-7-10-18-46(40)55(51(43)32-35)39-27-30-50-45(33-39)42-17-9-12-20-48(42)53(50)37-13-5-4-6-14-37/h4-33H,1-3H3. The van der Waals surface area contributed by atoms with Crippen molar-refractivity contribution >= 4 is 65.4 Å². The molecular formula is C52H39N3. The van der Waals surface area contributed by atoms with Crippen molar-refractivity contribution in [1.82, 2.24) is 13.7 Å². The van der Waals surface area contributed by atoms with E-state index >= 15 is 0 Å². The van der Waals surface area contributed by atoms with Crippen LogP contribution in [0.15, 0.2) is 182 Å². The van der Waals surface area contributed by atoms with Crippen molar-refractivity contribution in [3.05, 3.63) is 188 Å². The van der Waals surface area contributed by atoms with Crippen LogP contribution in [0.25, 0.3) is 93.6 Å². The maximum Gasteiger partial charge on any atom is 0.0547 e. The molecule has 0 atom stereocenters. The summed E-state index contributed by atoms with van der Waals surface area (Å²) >= 11 is 0. The number of nitrogens with zero attached hydrogens (tertiary/aromatic N) is 3. The quantitative estimate of drug-likeness (QED) is 0.173. The Kier molecular flexibility index (Phi) is 6.81. The molecule has 0 unspecified atom stereocenters. The van der Waals surface area contributed by atoms with Crippen LogP contribution in [0.2, 0.25) is 0 Å². The topological polar surface area (TPSA) is 14.8 Å². The SMILES string of the molecule is CC(C)(C)c1ccc(-n2c3ccccc3c3cc(-c4ccc5c6ccccc6n(-c6ccc7c(c6)c6ccccc6n7-c6ccccc6)c5c4)ccc32)cc1. The van der Waals surface area contributed by atoms with Crippen LogP contribution in [0, 0.1) is 0 Å². The van der Waals surface area contributed by atoms with Gasteiger partial charge in [-0.3, -0.25) is 0 Å². The zero-order valence-electron chi connectivity index (χ0n) is 31.2. The van der Waals surface area contributed by atoms with Crippen LogP contribution in [-0.2, 0) is 5.41 Å². The fourth-order valence-corrected chi connectivity index (χ4v) is 8.92. The monoisotopic (exact) mass is 705 g/mol. The van der Waals surface area contributed by atoms with Crippen LogP contribution in [0.5, 0.6) is 0 Å². The molecule has 0 saturated carbocycles. The van der Waals surface area contributed by atoms with Crippen molar-refractivity contribution in [1.29, 1.82) is 0 Å². The molecule has 0 spiro atoms. The van der Waals surface area contributed by atoms with E-state index in [2.05, 4.69) is 216 Å². The third-order valence-corrected chi connectivity index (χ3v) is 11.6. The van der Waals surface area contributed by atoms with Crippen molar-refractivity contribution in [3.8, 4) is 28.2 Å². The zero-order valence-corrected chi connectivity index (χ0v) is 31.2. The van der Waals surface area contributed by atoms with E-state index in [0.29, 0.717) is 0 Å². The summed E-state index contributed by atoms with van der Waals surface area (Å²) in [5, 5.41) is 7.52. The van der Waals surface area contributed by atoms with Gasteiger partial charge in [0.05, 0.1) is 33.1 Å². The third-order valence-electron chi connectivity index (χ3n) is 11.6. The highest BCUT2D eigenvalue weighted by Crippen LogP contribution is 2.40. The van der Waals surface area contributed by atoms with Gasteiger partial charge >= 0.3 is 0 Å². The van der Waals surface area contributed by atoms with Crippen LogP contribution in [0.1, 0.15) is 26.3 Å². The Morgan fingerprint density at radius 3 is 1.33 bits per heavy atom. The number of hydrogen-bond acceptors (Lipinski definition) is 0. The van der Waals surface area contributed by atoms with E-state index in [1.807, 2.05) is 0 Å². The first kappa shape index (κ1) is 31.7. The summed E-state index contributed by atoms with van der Waals surface area (Å²) in [5.41, 5.74) is 14.6. The van der Waals surface area contributed by atoms with Crippen molar-refractivity contribution in [2.24, 2.45) is 0 Å².